The molecule has 0 unspecified atom stereocenters. The van der Waals surface area contributed by atoms with E-state index >= 15 is 0 Å². The molecule has 0 radical (unpaired) electrons. The molecule has 0 bridgehead atoms. The third kappa shape index (κ3) is 7.71. The number of hydrogen-bond donors (Lipinski definition) is 0. The van der Waals surface area contributed by atoms with Crippen LogP contribution >= 0.6 is 0 Å². The monoisotopic (exact) mass is 599 g/mol. The van der Waals surface area contributed by atoms with E-state index < -0.39 is 0 Å². The average molecular weight is 600 g/mol. The van der Waals surface area contributed by atoms with Gasteiger partial charge in [-0.15, -0.1) is 0 Å². The fourth-order valence-corrected chi connectivity index (χ4v) is 5.43. The average Bonchev–Trinajstić information content (AvgIpc) is 3.07. The van der Waals surface area contributed by atoms with Crippen LogP contribution in [0, 0.1) is 0 Å². The Labute approximate surface area is 265 Å². The van der Waals surface area contributed by atoms with Crippen LogP contribution in [0.5, 0.6) is 0 Å². The third-order valence-electron chi connectivity index (χ3n) is 7.84. The summed E-state index contributed by atoms with van der Waals surface area (Å²) in [6, 6.07) is 29.5. The summed E-state index contributed by atoms with van der Waals surface area (Å²) in [5.41, 5.74) is 6.69. The summed E-state index contributed by atoms with van der Waals surface area (Å²) >= 11 is 0. The molecule has 0 fully saturated rings. The van der Waals surface area contributed by atoms with Gasteiger partial charge in [0.2, 0.25) is 11.0 Å². The summed E-state index contributed by atoms with van der Waals surface area (Å²) in [5, 5.41) is 3.32. The zero-order chi connectivity index (χ0) is 32.5. The molecule has 6 nitrogen and oxygen atoms in total. The highest BCUT2D eigenvalue weighted by Crippen LogP contribution is 2.17. The Kier molecular flexibility index (Phi) is 11.0. The molecule has 0 aliphatic rings. The fourth-order valence-electron chi connectivity index (χ4n) is 5.43. The molecule has 0 aliphatic carbocycles. The second-order valence-corrected chi connectivity index (χ2v) is 10.8. The highest BCUT2D eigenvalue weighted by Gasteiger charge is 2.18. The van der Waals surface area contributed by atoms with Crippen LogP contribution in [0.4, 0.5) is 0 Å². The molecule has 0 aliphatic heterocycles. The molecule has 0 saturated carbocycles. The van der Waals surface area contributed by atoms with Gasteiger partial charge in [-0.05, 0) is 83.1 Å². The molecule has 3 heterocycles. The van der Waals surface area contributed by atoms with Crippen LogP contribution < -0.4 is 9.13 Å². The van der Waals surface area contributed by atoms with Crippen LogP contribution in [0.3, 0.4) is 0 Å². The molecule has 0 spiro atoms. The summed E-state index contributed by atoms with van der Waals surface area (Å²) in [6.07, 6.45) is 4.76. The van der Waals surface area contributed by atoms with Crippen LogP contribution in [-0.2, 0) is 19.5 Å². The molecule has 0 amide bonds. The van der Waals surface area contributed by atoms with E-state index in [1.807, 2.05) is 72.8 Å². The molecule has 228 valence electrons. The summed E-state index contributed by atoms with van der Waals surface area (Å²) in [5.74, 6) is 0.322. The first-order chi connectivity index (χ1) is 21.7. The van der Waals surface area contributed by atoms with Gasteiger partial charge in [0.15, 0.2) is 29.2 Å². The van der Waals surface area contributed by atoms with E-state index in [1.54, 1.807) is 27.0 Å². The number of carbonyl (C=O) groups excluding carboxylic acids is 3. The minimum atomic E-state index is 0.0764. The van der Waals surface area contributed by atoms with Gasteiger partial charge in [0.1, 0.15) is 13.1 Å². The number of Topliss-reactive ketones (excluding diaryl/α,β-unsaturated/α-hetero) is 3. The smallest absolute Gasteiger partial charge is 0.223 e. The maximum atomic E-state index is 11.7. The van der Waals surface area contributed by atoms with Crippen molar-refractivity contribution in [1.29, 1.82) is 0 Å². The van der Waals surface area contributed by atoms with Crippen LogP contribution in [0.2, 0.25) is 0 Å². The Morgan fingerprint density at radius 2 is 1.31 bits per heavy atom. The molecule has 3 aromatic heterocycles. The quantitative estimate of drug-likeness (QED) is 0.145. The van der Waals surface area contributed by atoms with Crippen LogP contribution in [0.25, 0.3) is 32.7 Å². The number of pyridine rings is 3. The highest BCUT2D eigenvalue weighted by atomic mass is 16.1. The lowest BCUT2D eigenvalue weighted by Crippen LogP contribution is -2.39. The lowest BCUT2D eigenvalue weighted by molar-refractivity contribution is -0.675. The number of aromatic nitrogens is 3. The first kappa shape index (κ1) is 32.8. The van der Waals surface area contributed by atoms with E-state index in [9.17, 15) is 14.4 Å². The third-order valence-corrected chi connectivity index (χ3v) is 7.84. The number of fused-ring (bicyclic) bond motifs is 3. The minimum Gasteiger partial charge on any atom is -0.295 e. The summed E-state index contributed by atoms with van der Waals surface area (Å²) in [4.78, 5) is 38.2. The Bertz CT molecular complexity index is 2010. The van der Waals surface area contributed by atoms with Gasteiger partial charge in [-0.1, -0.05) is 31.2 Å². The van der Waals surface area contributed by atoms with Gasteiger partial charge < -0.3 is 0 Å². The van der Waals surface area contributed by atoms with Crippen molar-refractivity contribution in [2.24, 2.45) is 0 Å². The lowest BCUT2D eigenvalue weighted by atomic mass is 10.0. The molecule has 6 heteroatoms. The Balaban J connectivity index is 0.000000155. The lowest BCUT2D eigenvalue weighted by Gasteiger charge is -2.06. The minimum absolute atomic E-state index is 0.0764. The maximum absolute atomic E-state index is 11.7. The Morgan fingerprint density at radius 3 is 1.98 bits per heavy atom. The summed E-state index contributed by atoms with van der Waals surface area (Å²) in [7, 11) is 0. The number of benzene rings is 3. The van der Waals surface area contributed by atoms with E-state index in [-0.39, 0.29) is 17.3 Å². The maximum Gasteiger partial charge on any atom is 0.223 e. The van der Waals surface area contributed by atoms with Crippen molar-refractivity contribution in [1.82, 2.24) is 4.98 Å². The molecule has 3 aromatic carbocycles. The van der Waals surface area contributed by atoms with E-state index in [0.717, 1.165) is 57.8 Å². The molecule has 6 aromatic rings. The zero-order valence-corrected chi connectivity index (χ0v) is 27.0. The molecule has 6 rings (SSSR count). The van der Waals surface area contributed by atoms with Crippen molar-refractivity contribution >= 4 is 50.1 Å². The van der Waals surface area contributed by atoms with E-state index in [2.05, 4.69) is 59.3 Å². The molecular weight excluding hydrogens is 558 g/mol. The van der Waals surface area contributed by atoms with Crippen LogP contribution in [0.1, 0.15) is 78.3 Å². The SMILES string of the molecule is CC(=O)c1ccc2cccnc2c1.CC[n+]1cccc2cc(C(C)=O)ccc21.CCc1ccc2cccc(C(C)=O)c2[n+]1CC. The van der Waals surface area contributed by atoms with Gasteiger partial charge in [0.25, 0.3) is 0 Å². The van der Waals surface area contributed by atoms with Gasteiger partial charge in [-0.2, -0.15) is 9.13 Å². The number of rotatable bonds is 6. The van der Waals surface area contributed by atoms with Gasteiger partial charge in [0, 0.05) is 58.1 Å². The standard InChI is InChI=1S/C15H18NO.C13H14NO.C11H9NO/c1-4-13-10-9-12-7-6-8-14(11(3)17)15(12)16(13)5-2;1-3-14-8-4-5-12-9-11(10(2)15)6-7-13(12)14;1-8(13)10-5-4-9-3-2-6-12-11(9)7-10/h6-10H,4-5H2,1-3H3;4-9H,3H2,1-2H3;2-7H,1H3/q2*+1;. The Morgan fingerprint density at radius 1 is 0.644 bits per heavy atom. The van der Waals surface area contributed by atoms with E-state index in [4.69, 9.17) is 0 Å². The largest absolute Gasteiger partial charge is 0.295 e. The number of hydrogen-bond acceptors (Lipinski definition) is 4. The number of para-hydroxylation sites is 1. The highest BCUT2D eigenvalue weighted by molar-refractivity contribution is 6.04. The van der Waals surface area contributed by atoms with Gasteiger partial charge >= 0.3 is 0 Å². The molecule has 0 N–H and O–H groups in total. The summed E-state index contributed by atoms with van der Waals surface area (Å²) < 4.78 is 4.41. The molecular formula is C39H41N3O3+2. The van der Waals surface area contributed by atoms with Gasteiger partial charge in [-0.3, -0.25) is 19.4 Å². The van der Waals surface area contributed by atoms with Gasteiger partial charge in [0.05, 0.1) is 11.1 Å². The van der Waals surface area contributed by atoms with E-state index in [1.165, 1.54) is 11.2 Å². The molecule has 0 atom stereocenters. The molecule has 45 heavy (non-hydrogen) atoms. The predicted molar refractivity (Wildman–Crippen MR) is 181 cm³/mol. The van der Waals surface area contributed by atoms with E-state index in [0.29, 0.717) is 5.56 Å². The summed E-state index contributed by atoms with van der Waals surface area (Å²) in [6.45, 7) is 13.0. The normalized spacial score (nSPS) is 10.5. The first-order valence-corrected chi connectivity index (χ1v) is 15.4. The zero-order valence-electron chi connectivity index (χ0n) is 27.0. The number of aryl methyl sites for hydroxylation is 3. The predicted octanol–water partition coefficient (Wildman–Crippen LogP) is 7.70. The first-order valence-electron chi connectivity index (χ1n) is 15.4. The van der Waals surface area contributed by atoms with Crippen molar-refractivity contribution < 1.29 is 23.5 Å². The number of ketones is 3. The van der Waals surface area contributed by atoms with Crippen molar-refractivity contribution in [2.75, 3.05) is 0 Å². The van der Waals surface area contributed by atoms with Crippen molar-refractivity contribution in [2.45, 2.75) is 61.1 Å². The van der Waals surface area contributed by atoms with Crippen molar-refractivity contribution in [3.05, 3.63) is 126 Å². The number of carbonyl (C=O) groups is 3. The van der Waals surface area contributed by atoms with Gasteiger partial charge in [-0.25, -0.2) is 0 Å². The topological polar surface area (TPSA) is 71.9 Å². The second-order valence-electron chi connectivity index (χ2n) is 10.8. The van der Waals surface area contributed by atoms with Crippen LogP contribution in [-0.4, -0.2) is 22.3 Å². The van der Waals surface area contributed by atoms with Crippen molar-refractivity contribution in [3.8, 4) is 0 Å². The Hall–Kier alpha value is -5.10. The van der Waals surface area contributed by atoms with Crippen molar-refractivity contribution in [3.63, 3.8) is 0 Å². The van der Waals surface area contributed by atoms with Crippen LogP contribution in [0.15, 0.2) is 103 Å². The molecule has 0 saturated heterocycles. The number of nitrogens with zero attached hydrogens (tertiary/aromatic N) is 3. The second kappa shape index (κ2) is 15.1. The fraction of sp³-hybridized carbons (Fsp3) is 0.231.